The second kappa shape index (κ2) is 7.33. The van der Waals surface area contributed by atoms with Crippen LogP contribution >= 0.6 is 11.6 Å². The van der Waals surface area contributed by atoms with Crippen molar-refractivity contribution in [1.29, 1.82) is 10.7 Å². The molecule has 2 aromatic heterocycles. The van der Waals surface area contributed by atoms with Crippen LogP contribution in [0, 0.1) is 29.5 Å². The number of hydrogen-bond acceptors (Lipinski definition) is 3. The lowest BCUT2D eigenvalue weighted by molar-refractivity contribution is 0.622. The van der Waals surface area contributed by atoms with E-state index in [1.807, 2.05) is 48.5 Å². The first kappa shape index (κ1) is 20.0. The van der Waals surface area contributed by atoms with Crippen molar-refractivity contribution in [3.8, 4) is 22.9 Å². The van der Waals surface area contributed by atoms with Gasteiger partial charge in [0.25, 0.3) is 0 Å². The van der Waals surface area contributed by atoms with Crippen molar-refractivity contribution in [3.05, 3.63) is 88.4 Å². The summed E-state index contributed by atoms with van der Waals surface area (Å²) < 4.78 is 17.7. The molecule has 0 aliphatic heterocycles. The van der Waals surface area contributed by atoms with Gasteiger partial charge >= 0.3 is 0 Å². The molecule has 3 aromatic carbocycles. The molecule has 2 heterocycles. The topological polar surface area (TPSA) is 70.4 Å². The Morgan fingerprint density at radius 3 is 2.50 bits per heavy atom. The average molecular weight is 442 g/mol. The van der Waals surface area contributed by atoms with Gasteiger partial charge in [-0.2, -0.15) is 5.26 Å². The molecule has 0 unspecified atom stereocenters. The van der Waals surface area contributed by atoms with E-state index in [0.717, 1.165) is 33.1 Å². The molecule has 5 rings (SSSR count). The van der Waals surface area contributed by atoms with E-state index in [-0.39, 0.29) is 11.2 Å². The molecule has 0 atom stereocenters. The predicted molar refractivity (Wildman–Crippen MR) is 123 cm³/mol. The summed E-state index contributed by atoms with van der Waals surface area (Å²) in [5, 5.41) is 19.6. The van der Waals surface area contributed by atoms with Gasteiger partial charge in [-0.25, -0.2) is 4.39 Å². The molecule has 0 aliphatic rings. The fourth-order valence-electron chi connectivity index (χ4n) is 4.06. The zero-order valence-electron chi connectivity index (χ0n) is 17.3. The van der Waals surface area contributed by atoms with Crippen molar-refractivity contribution in [2.24, 2.45) is 7.05 Å². The smallest absolute Gasteiger partial charge is 0.207 e. The first-order valence-electron chi connectivity index (χ1n) is 9.90. The molecular formula is C25H17ClFN5. The minimum Gasteiger partial charge on any atom is -0.312 e. The van der Waals surface area contributed by atoms with E-state index < -0.39 is 5.82 Å². The number of aromatic nitrogens is 3. The summed E-state index contributed by atoms with van der Waals surface area (Å²) >= 11 is 6.05. The number of rotatable bonds is 2. The Hall–Kier alpha value is -3.95. The number of aryl methyl sites for hydroxylation is 2. The molecule has 0 radical (unpaired) electrons. The number of nitrogens with one attached hydrogen (secondary N) is 1. The Morgan fingerprint density at radius 2 is 1.78 bits per heavy atom. The Bertz CT molecular complexity index is 1640. The highest BCUT2D eigenvalue weighted by Crippen LogP contribution is 2.31. The third kappa shape index (κ3) is 2.98. The van der Waals surface area contributed by atoms with Gasteiger partial charge in [0.1, 0.15) is 11.9 Å². The molecular weight excluding hydrogens is 425 g/mol. The van der Waals surface area contributed by atoms with Crippen LogP contribution in [0.4, 0.5) is 4.39 Å². The summed E-state index contributed by atoms with van der Waals surface area (Å²) in [6.07, 6.45) is 1.73. The monoisotopic (exact) mass is 441 g/mol. The number of fused-ring (bicyclic) bond motifs is 3. The van der Waals surface area contributed by atoms with Crippen molar-refractivity contribution >= 4 is 33.5 Å². The van der Waals surface area contributed by atoms with Gasteiger partial charge in [0.05, 0.1) is 34.0 Å². The third-order valence-electron chi connectivity index (χ3n) is 5.76. The summed E-state index contributed by atoms with van der Waals surface area (Å²) in [5.74, 6) is -0.572. The second-order valence-electron chi connectivity index (χ2n) is 7.68. The zero-order chi connectivity index (χ0) is 22.6. The molecule has 156 valence electrons. The maximum absolute atomic E-state index is 14.2. The number of nitriles is 1. The van der Waals surface area contributed by atoms with Crippen LogP contribution in [0.2, 0.25) is 5.02 Å². The summed E-state index contributed by atoms with van der Waals surface area (Å²) in [5.41, 5.74) is 5.66. The van der Waals surface area contributed by atoms with E-state index in [2.05, 4.69) is 4.98 Å². The van der Waals surface area contributed by atoms with Gasteiger partial charge in [-0.3, -0.25) is 15.0 Å². The summed E-state index contributed by atoms with van der Waals surface area (Å²) in [4.78, 5) is 4.59. The van der Waals surface area contributed by atoms with Crippen LogP contribution < -0.4 is 5.62 Å². The number of imidazole rings is 1. The van der Waals surface area contributed by atoms with Crippen molar-refractivity contribution in [1.82, 2.24) is 14.1 Å². The summed E-state index contributed by atoms with van der Waals surface area (Å²) in [7, 11) is 1.79. The van der Waals surface area contributed by atoms with Crippen LogP contribution in [-0.4, -0.2) is 14.1 Å². The first-order chi connectivity index (χ1) is 15.4. The van der Waals surface area contributed by atoms with E-state index in [1.165, 1.54) is 12.1 Å². The Kier molecular flexibility index (Phi) is 4.58. The first-order valence-corrected chi connectivity index (χ1v) is 10.3. The number of benzene rings is 3. The van der Waals surface area contributed by atoms with Crippen LogP contribution in [0.3, 0.4) is 0 Å². The van der Waals surface area contributed by atoms with Gasteiger partial charge in [-0.1, -0.05) is 29.8 Å². The van der Waals surface area contributed by atoms with Crippen molar-refractivity contribution in [2.75, 3.05) is 0 Å². The van der Waals surface area contributed by atoms with Crippen molar-refractivity contribution in [3.63, 3.8) is 0 Å². The van der Waals surface area contributed by atoms with Crippen LogP contribution in [0.1, 0.15) is 11.1 Å². The van der Waals surface area contributed by atoms with Gasteiger partial charge in [0, 0.05) is 17.5 Å². The molecule has 0 aliphatic carbocycles. The molecule has 0 amide bonds. The van der Waals surface area contributed by atoms with Gasteiger partial charge in [-0.05, 0) is 60.0 Å². The van der Waals surface area contributed by atoms with E-state index in [1.54, 1.807) is 29.3 Å². The zero-order valence-corrected chi connectivity index (χ0v) is 18.1. The predicted octanol–water partition coefficient (Wildman–Crippen LogP) is 5.64. The van der Waals surface area contributed by atoms with E-state index in [4.69, 9.17) is 17.0 Å². The van der Waals surface area contributed by atoms with E-state index in [9.17, 15) is 9.65 Å². The molecule has 0 saturated carbocycles. The molecule has 32 heavy (non-hydrogen) atoms. The number of pyridine rings is 1. The standard InChI is InChI=1S/C25H17ClFN5/c1-14-9-20(27)17(12-28)11-22(14)32-24-19-10-16(15-3-6-18(26)7-4-15)5-8-21(19)30-13-23(24)31(2)25(32)29/h3-11,13,29H,1-2H3. The third-order valence-corrected chi connectivity index (χ3v) is 6.01. The van der Waals surface area contributed by atoms with Crippen LogP contribution in [0.25, 0.3) is 38.8 Å². The summed E-state index contributed by atoms with van der Waals surface area (Å²) in [6.45, 7) is 1.77. The van der Waals surface area contributed by atoms with Gasteiger partial charge in [0.2, 0.25) is 5.62 Å². The van der Waals surface area contributed by atoms with Gasteiger partial charge in [-0.15, -0.1) is 0 Å². The normalized spacial score (nSPS) is 11.2. The van der Waals surface area contributed by atoms with E-state index in [0.29, 0.717) is 16.3 Å². The fraction of sp³-hybridized carbons (Fsp3) is 0.0800. The SMILES string of the molecule is Cc1cc(F)c(C#N)cc1-n1c(=N)n(C)c2cnc3ccc(-c4ccc(Cl)cc4)cc3c21. The highest BCUT2D eigenvalue weighted by Gasteiger charge is 2.18. The molecule has 0 spiro atoms. The molecule has 0 saturated heterocycles. The fourth-order valence-corrected chi connectivity index (χ4v) is 4.19. The molecule has 0 fully saturated rings. The Balaban J connectivity index is 1.89. The second-order valence-corrected chi connectivity index (χ2v) is 8.12. The van der Waals surface area contributed by atoms with Gasteiger partial charge in [0.15, 0.2) is 0 Å². The molecule has 0 bridgehead atoms. The van der Waals surface area contributed by atoms with Crippen LogP contribution in [-0.2, 0) is 7.05 Å². The summed E-state index contributed by atoms with van der Waals surface area (Å²) in [6, 6.07) is 18.3. The minimum atomic E-state index is -0.572. The minimum absolute atomic E-state index is 0.0604. The maximum Gasteiger partial charge on any atom is 0.207 e. The number of halogens is 2. The lowest BCUT2D eigenvalue weighted by Crippen LogP contribution is -2.22. The molecule has 5 aromatic rings. The average Bonchev–Trinajstić information content (AvgIpc) is 3.05. The highest BCUT2D eigenvalue weighted by molar-refractivity contribution is 6.30. The number of nitrogens with zero attached hydrogens (tertiary/aromatic N) is 4. The van der Waals surface area contributed by atoms with E-state index >= 15 is 0 Å². The molecule has 7 heteroatoms. The van der Waals surface area contributed by atoms with Crippen LogP contribution in [0.5, 0.6) is 0 Å². The number of hydrogen-bond donors (Lipinski definition) is 1. The Morgan fingerprint density at radius 1 is 1.06 bits per heavy atom. The molecule has 1 N–H and O–H groups in total. The van der Waals surface area contributed by atoms with Crippen LogP contribution in [0.15, 0.2) is 60.8 Å². The maximum atomic E-state index is 14.2. The quantitative estimate of drug-likeness (QED) is 0.385. The largest absolute Gasteiger partial charge is 0.312 e. The van der Waals surface area contributed by atoms with Crippen molar-refractivity contribution in [2.45, 2.75) is 6.92 Å². The Labute approximate surface area is 188 Å². The van der Waals surface area contributed by atoms with Gasteiger partial charge < -0.3 is 4.57 Å². The lowest BCUT2D eigenvalue weighted by atomic mass is 10.0. The molecule has 5 nitrogen and oxygen atoms in total. The highest BCUT2D eigenvalue weighted by atomic mass is 35.5. The van der Waals surface area contributed by atoms with Crippen molar-refractivity contribution < 1.29 is 4.39 Å². The lowest BCUT2D eigenvalue weighted by Gasteiger charge is -2.12.